The summed E-state index contributed by atoms with van der Waals surface area (Å²) in [6.45, 7) is 7.97. The maximum atomic E-state index is 11.7. The van der Waals surface area contributed by atoms with Crippen LogP contribution in [-0.2, 0) is 10.2 Å². The van der Waals surface area contributed by atoms with E-state index in [-0.39, 0.29) is 5.41 Å². The van der Waals surface area contributed by atoms with Crippen LogP contribution < -0.4 is 10.6 Å². The molecular formula is C13H21N3O3S. The molecule has 0 aromatic carbocycles. The van der Waals surface area contributed by atoms with Gasteiger partial charge in [0.2, 0.25) is 0 Å². The van der Waals surface area contributed by atoms with E-state index < -0.39 is 18.0 Å². The molecule has 2 amide bonds. The molecule has 7 heteroatoms. The second-order valence-corrected chi connectivity index (χ2v) is 6.42. The Morgan fingerprint density at radius 2 is 2.10 bits per heavy atom. The lowest BCUT2D eigenvalue weighted by Gasteiger charge is -2.15. The van der Waals surface area contributed by atoms with Gasteiger partial charge in [0.25, 0.3) is 0 Å². The van der Waals surface area contributed by atoms with Crippen LogP contribution >= 0.6 is 11.3 Å². The van der Waals surface area contributed by atoms with Gasteiger partial charge in [0.1, 0.15) is 6.04 Å². The maximum Gasteiger partial charge on any atom is 0.326 e. The molecule has 112 valence electrons. The lowest BCUT2D eigenvalue weighted by molar-refractivity contribution is -0.139. The smallest absolute Gasteiger partial charge is 0.326 e. The minimum atomic E-state index is -1.03. The van der Waals surface area contributed by atoms with Crippen molar-refractivity contribution in [2.24, 2.45) is 0 Å². The highest BCUT2D eigenvalue weighted by molar-refractivity contribution is 7.13. The van der Waals surface area contributed by atoms with E-state index in [0.717, 1.165) is 5.69 Å². The summed E-state index contributed by atoms with van der Waals surface area (Å²) >= 11 is 1.32. The van der Waals surface area contributed by atoms with E-state index in [0.29, 0.717) is 18.0 Å². The molecule has 0 aliphatic rings. The minimum Gasteiger partial charge on any atom is -0.480 e. The van der Waals surface area contributed by atoms with Crippen molar-refractivity contribution >= 4 is 28.5 Å². The number of anilines is 1. The van der Waals surface area contributed by atoms with Gasteiger partial charge in [-0.3, -0.25) is 5.32 Å². The third kappa shape index (κ3) is 4.80. The van der Waals surface area contributed by atoms with Crippen LogP contribution in [0.15, 0.2) is 5.38 Å². The molecule has 0 bridgehead atoms. The van der Waals surface area contributed by atoms with Crippen LogP contribution in [-0.4, -0.2) is 28.1 Å². The van der Waals surface area contributed by atoms with Crippen LogP contribution in [0.2, 0.25) is 0 Å². The fourth-order valence-electron chi connectivity index (χ4n) is 1.51. The first-order valence-electron chi connectivity index (χ1n) is 6.50. The van der Waals surface area contributed by atoms with Gasteiger partial charge in [0, 0.05) is 10.8 Å². The van der Waals surface area contributed by atoms with Crippen LogP contribution in [0.4, 0.5) is 9.93 Å². The topological polar surface area (TPSA) is 91.3 Å². The average molecular weight is 299 g/mol. The summed E-state index contributed by atoms with van der Waals surface area (Å²) in [5, 5.41) is 16.3. The highest BCUT2D eigenvalue weighted by Crippen LogP contribution is 2.26. The number of aliphatic carboxylic acids is 1. The summed E-state index contributed by atoms with van der Waals surface area (Å²) in [6.07, 6.45) is 1.08. The molecular weight excluding hydrogens is 278 g/mol. The van der Waals surface area contributed by atoms with Crippen LogP contribution in [0, 0.1) is 0 Å². The Balaban J connectivity index is 2.62. The van der Waals surface area contributed by atoms with Gasteiger partial charge in [-0.1, -0.05) is 34.1 Å². The van der Waals surface area contributed by atoms with E-state index in [9.17, 15) is 9.59 Å². The number of carbonyl (C=O) groups is 2. The zero-order valence-electron chi connectivity index (χ0n) is 12.2. The summed E-state index contributed by atoms with van der Waals surface area (Å²) in [5.41, 5.74) is 0.805. The Labute approximate surface area is 122 Å². The number of amides is 2. The van der Waals surface area contributed by atoms with Gasteiger partial charge in [-0.25, -0.2) is 14.6 Å². The summed E-state index contributed by atoms with van der Waals surface area (Å²) in [5.74, 6) is -1.03. The molecule has 0 unspecified atom stereocenters. The molecule has 0 saturated carbocycles. The van der Waals surface area contributed by atoms with Crippen LogP contribution in [0.1, 0.15) is 46.2 Å². The summed E-state index contributed by atoms with van der Waals surface area (Å²) < 4.78 is 0. The van der Waals surface area contributed by atoms with Crippen molar-refractivity contribution in [2.45, 2.75) is 52.0 Å². The summed E-state index contributed by atoms with van der Waals surface area (Å²) in [7, 11) is 0. The van der Waals surface area contributed by atoms with Crippen LogP contribution in [0.5, 0.6) is 0 Å². The predicted octanol–water partition coefficient (Wildman–Crippen LogP) is 2.82. The van der Waals surface area contributed by atoms with E-state index >= 15 is 0 Å². The van der Waals surface area contributed by atoms with E-state index in [1.165, 1.54) is 11.3 Å². The number of nitrogens with one attached hydrogen (secondary N) is 2. The fourth-order valence-corrected chi connectivity index (χ4v) is 2.45. The quantitative estimate of drug-likeness (QED) is 0.779. The molecule has 1 rings (SSSR count). The minimum absolute atomic E-state index is 0.0846. The van der Waals surface area contributed by atoms with Gasteiger partial charge in [0.15, 0.2) is 5.13 Å². The highest BCUT2D eigenvalue weighted by atomic mass is 32.1. The monoisotopic (exact) mass is 299 g/mol. The second-order valence-electron chi connectivity index (χ2n) is 5.57. The van der Waals surface area contributed by atoms with Crippen LogP contribution in [0.3, 0.4) is 0 Å². The van der Waals surface area contributed by atoms with Crippen LogP contribution in [0.25, 0.3) is 0 Å². The Hall–Kier alpha value is -1.63. The molecule has 0 spiro atoms. The standard InChI is InChI=1S/C13H21N3O3S/c1-5-6-8(10(17)18)14-11(19)16-12-15-9(7-20-12)13(2,3)4/h7-8H,5-6H2,1-4H3,(H,17,18)(H2,14,15,16,19)/t8-/m1/s1. The summed E-state index contributed by atoms with van der Waals surface area (Å²) in [6, 6.07) is -1.41. The molecule has 1 aromatic rings. The number of hydrogen-bond acceptors (Lipinski definition) is 4. The molecule has 0 aliphatic carbocycles. The molecule has 1 atom stereocenters. The lowest BCUT2D eigenvalue weighted by atomic mass is 9.93. The highest BCUT2D eigenvalue weighted by Gasteiger charge is 2.21. The lowest BCUT2D eigenvalue weighted by Crippen LogP contribution is -2.42. The molecule has 0 radical (unpaired) electrons. The van der Waals surface area contributed by atoms with Crippen molar-refractivity contribution in [1.29, 1.82) is 0 Å². The average Bonchev–Trinajstić information content (AvgIpc) is 2.76. The SMILES string of the molecule is CCC[C@@H](NC(=O)Nc1nc(C(C)(C)C)cs1)C(=O)O. The van der Waals surface area contributed by atoms with Gasteiger partial charge in [-0.15, -0.1) is 11.3 Å². The van der Waals surface area contributed by atoms with E-state index in [2.05, 4.69) is 15.6 Å². The van der Waals surface area contributed by atoms with Crippen molar-refractivity contribution in [3.05, 3.63) is 11.1 Å². The largest absolute Gasteiger partial charge is 0.480 e. The first-order chi connectivity index (χ1) is 9.24. The Morgan fingerprint density at radius 1 is 1.45 bits per heavy atom. The van der Waals surface area contributed by atoms with Gasteiger partial charge in [-0.05, 0) is 6.42 Å². The number of thiazole rings is 1. The number of carboxylic acids is 1. The first kappa shape index (κ1) is 16.4. The van der Waals surface area contributed by atoms with Crippen molar-refractivity contribution in [3.63, 3.8) is 0 Å². The van der Waals surface area contributed by atoms with Crippen molar-refractivity contribution in [2.75, 3.05) is 5.32 Å². The molecule has 0 aliphatic heterocycles. The number of hydrogen-bond donors (Lipinski definition) is 3. The fraction of sp³-hybridized carbons (Fsp3) is 0.615. The number of carbonyl (C=O) groups excluding carboxylic acids is 1. The number of urea groups is 1. The molecule has 0 saturated heterocycles. The summed E-state index contributed by atoms with van der Waals surface area (Å²) in [4.78, 5) is 27.0. The first-order valence-corrected chi connectivity index (χ1v) is 7.38. The third-order valence-electron chi connectivity index (χ3n) is 2.67. The number of aromatic nitrogens is 1. The predicted molar refractivity (Wildman–Crippen MR) is 79.3 cm³/mol. The Morgan fingerprint density at radius 3 is 2.55 bits per heavy atom. The van der Waals surface area contributed by atoms with E-state index in [1.54, 1.807) is 0 Å². The zero-order valence-corrected chi connectivity index (χ0v) is 13.0. The van der Waals surface area contributed by atoms with Gasteiger partial charge >= 0.3 is 12.0 Å². The molecule has 3 N–H and O–H groups in total. The molecule has 1 heterocycles. The van der Waals surface area contributed by atoms with E-state index in [1.807, 2.05) is 33.1 Å². The van der Waals surface area contributed by atoms with Crippen molar-refractivity contribution in [3.8, 4) is 0 Å². The maximum absolute atomic E-state index is 11.7. The second kappa shape index (κ2) is 6.69. The molecule has 20 heavy (non-hydrogen) atoms. The van der Waals surface area contributed by atoms with Gasteiger partial charge in [-0.2, -0.15) is 0 Å². The van der Waals surface area contributed by atoms with Gasteiger partial charge < -0.3 is 10.4 Å². The molecule has 6 nitrogen and oxygen atoms in total. The third-order valence-corrected chi connectivity index (χ3v) is 3.43. The zero-order chi connectivity index (χ0) is 15.3. The normalized spacial score (nSPS) is 12.8. The van der Waals surface area contributed by atoms with E-state index in [4.69, 9.17) is 5.11 Å². The molecule has 1 aromatic heterocycles. The number of rotatable bonds is 5. The Bertz CT molecular complexity index is 479. The Kier molecular flexibility index (Phi) is 5.50. The van der Waals surface area contributed by atoms with Gasteiger partial charge in [0.05, 0.1) is 5.69 Å². The number of carboxylic acid groups (broad SMARTS) is 1. The number of nitrogens with zero attached hydrogens (tertiary/aromatic N) is 1. The molecule has 0 fully saturated rings. The van der Waals surface area contributed by atoms with Crippen molar-refractivity contribution in [1.82, 2.24) is 10.3 Å². The van der Waals surface area contributed by atoms with Crippen molar-refractivity contribution < 1.29 is 14.7 Å².